The summed E-state index contributed by atoms with van der Waals surface area (Å²) in [5, 5.41) is 9.92. The molecule has 2 N–H and O–H groups in total. The van der Waals surface area contributed by atoms with Crippen molar-refractivity contribution < 1.29 is 4.79 Å². The van der Waals surface area contributed by atoms with Gasteiger partial charge in [0.25, 0.3) is 0 Å². The van der Waals surface area contributed by atoms with Gasteiger partial charge in [-0.15, -0.1) is 11.8 Å². The lowest BCUT2D eigenvalue weighted by Gasteiger charge is -2.11. The van der Waals surface area contributed by atoms with Crippen molar-refractivity contribution in [3.05, 3.63) is 41.0 Å². The topological polar surface area (TPSA) is 57.8 Å². The first-order chi connectivity index (χ1) is 9.06. The molecule has 0 aliphatic heterocycles. The summed E-state index contributed by atoms with van der Waals surface area (Å²) in [6.07, 6.45) is 1.67. The average Bonchev–Trinajstić information content (AvgIpc) is 2.78. The van der Waals surface area contributed by atoms with Crippen LogP contribution in [-0.4, -0.2) is 21.4 Å². The Labute approximate surface area is 120 Å². The van der Waals surface area contributed by atoms with Crippen LogP contribution in [0.15, 0.2) is 35.4 Å². The summed E-state index contributed by atoms with van der Waals surface area (Å²) >= 11 is 7.31. The van der Waals surface area contributed by atoms with Crippen LogP contribution in [0.1, 0.15) is 12.5 Å². The minimum Gasteiger partial charge on any atom is -0.310 e. The van der Waals surface area contributed by atoms with Crippen molar-refractivity contribution in [1.29, 1.82) is 0 Å². The lowest BCUT2D eigenvalue weighted by molar-refractivity contribution is -0.115. The molecule has 2 aromatic rings. The number of rotatable bonds is 4. The number of nitrogens with one attached hydrogen (secondary N) is 2. The summed E-state index contributed by atoms with van der Waals surface area (Å²) in [6, 6.07) is 7.43. The largest absolute Gasteiger partial charge is 0.310 e. The summed E-state index contributed by atoms with van der Waals surface area (Å²) in [6.45, 7) is 3.75. The van der Waals surface area contributed by atoms with Gasteiger partial charge < -0.3 is 5.32 Å². The van der Waals surface area contributed by atoms with E-state index in [1.54, 1.807) is 6.20 Å². The first-order valence-corrected chi connectivity index (χ1v) is 7.05. The van der Waals surface area contributed by atoms with Crippen LogP contribution in [0.5, 0.6) is 0 Å². The Bertz CT molecular complexity index is 568. The van der Waals surface area contributed by atoms with E-state index < -0.39 is 0 Å². The predicted octanol–water partition coefficient (Wildman–Crippen LogP) is 3.49. The average molecular weight is 296 g/mol. The Hall–Kier alpha value is -1.46. The fourth-order valence-corrected chi connectivity index (χ4v) is 2.46. The smallest absolute Gasteiger partial charge is 0.238 e. The van der Waals surface area contributed by atoms with Crippen LogP contribution in [0.4, 0.5) is 5.82 Å². The number of amides is 1. The number of halogens is 1. The van der Waals surface area contributed by atoms with Gasteiger partial charge >= 0.3 is 0 Å². The number of hydrogen-bond acceptors (Lipinski definition) is 3. The van der Waals surface area contributed by atoms with Gasteiger partial charge in [0, 0.05) is 15.5 Å². The van der Waals surface area contributed by atoms with Gasteiger partial charge in [-0.05, 0) is 38.1 Å². The monoisotopic (exact) mass is 295 g/mol. The Morgan fingerprint density at radius 3 is 2.68 bits per heavy atom. The molecular weight excluding hydrogens is 282 g/mol. The van der Waals surface area contributed by atoms with Crippen molar-refractivity contribution in [2.45, 2.75) is 24.0 Å². The summed E-state index contributed by atoms with van der Waals surface area (Å²) < 4.78 is 0. The standard InChI is InChI=1S/C13H14ClN3OS/c1-8-7-15-17-12(8)16-13(18)9(2)19-11-5-3-10(14)4-6-11/h3-7,9H,1-2H3,(H2,15,16,17,18). The van der Waals surface area contributed by atoms with E-state index in [0.29, 0.717) is 10.8 Å². The number of benzene rings is 1. The number of aromatic nitrogens is 2. The molecule has 2 rings (SSSR count). The van der Waals surface area contributed by atoms with E-state index in [4.69, 9.17) is 11.6 Å². The zero-order chi connectivity index (χ0) is 13.8. The third-order valence-electron chi connectivity index (χ3n) is 2.57. The van der Waals surface area contributed by atoms with Crippen molar-refractivity contribution in [3.63, 3.8) is 0 Å². The number of anilines is 1. The highest BCUT2D eigenvalue weighted by atomic mass is 35.5. The van der Waals surface area contributed by atoms with E-state index in [-0.39, 0.29) is 11.2 Å². The molecule has 1 atom stereocenters. The van der Waals surface area contributed by atoms with Gasteiger partial charge in [-0.25, -0.2) is 0 Å². The Kier molecular flexibility index (Phi) is 4.50. The Morgan fingerprint density at radius 2 is 2.11 bits per heavy atom. The van der Waals surface area contributed by atoms with Crippen LogP contribution in [-0.2, 0) is 4.79 Å². The van der Waals surface area contributed by atoms with Crippen molar-refractivity contribution in [3.8, 4) is 0 Å². The molecule has 0 saturated heterocycles. The number of H-pyrrole nitrogens is 1. The number of aryl methyl sites for hydroxylation is 1. The highest BCUT2D eigenvalue weighted by molar-refractivity contribution is 8.00. The Morgan fingerprint density at radius 1 is 1.42 bits per heavy atom. The first-order valence-electron chi connectivity index (χ1n) is 5.79. The maximum atomic E-state index is 12.0. The van der Waals surface area contributed by atoms with Gasteiger partial charge in [0.15, 0.2) is 0 Å². The summed E-state index contributed by atoms with van der Waals surface area (Å²) in [5.41, 5.74) is 0.914. The van der Waals surface area contributed by atoms with Gasteiger partial charge in [0.2, 0.25) is 5.91 Å². The molecule has 0 radical (unpaired) electrons. The third-order valence-corrected chi connectivity index (χ3v) is 3.94. The maximum Gasteiger partial charge on any atom is 0.238 e. The van der Waals surface area contributed by atoms with E-state index in [9.17, 15) is 4.79 Å². The number of nitrogens with zero attached hydrogens (tertiary/aromatic N) is 1. The number of thioether (sulfide) groups is 1. The number of carbonyl (C=O) groups excluding carboxylic acids is 1. The van der Waals surface area contributed by atoms with E-state index in [1.807, 2.05) is 38.1 Å². The zero-order valence-electron chi connectivity index (χ0n) is 10.6. The van der Waals surface area contributed by atoms with Gasteiger partial charge in [-0.2, -0.15) is 5.10 Å². The molecule has 4 nitrogen and oxygen atoms in total. The number of hydrogen-bond donors (Lipinski definition) is 2. The lowest BCUT2D eigenvalue weighted by atomic mass is 10.3. The van der Waals surface area contributed by atoms with Crippen LogP contribution < -0.4 is 5.32 Å². The first kappa shape index (κ1) is 14.0. The normalized spacial score (nSPS) is 12.2. The van der Waals surface area contributed by atoms with Gasteiger partial charge in [-0.3, -0.25) is 9.89 Å². The minimum atomic E-state index is -0.205. The third kappa shape index (κ3) is 3.75. The predicted molar refractivity (Wildman–Crippen MR) is 78.7 cm³/mol. The van der Waals surface area contributed by atoms with Crippen molar-refractivity contribution in [1.82, 2.24) is 10.2 Å². The molecule has 6 heteroatoms. The van der Waals surface area contributed by atoms with Crippen molar-refractivity contribution in [2.24, 2.45) is 0 Å². The Balaban J connectivity index is 1.96. The van der Waals surface area contributed by atoms with E-state index >= 15 is 0 Å². The molecule has 1 heterocycles. The fraction of sp³-hybridized carbons (Fsp3) is 0.231. The second-order valence-corrected chi connectivity index (χ2v) is 5.98. The lowest BCUT2D eigenvalue weighted by Crippen LogP contribution is -2.22. The van der Waals surface area contributed by atoms with Crippen molar-refractivity contribution in [2.75, 3.05) is 5.32 Å². The van der Waals surface area contributed by atoms with Gasteiger partial charge in [0.05, 0.1) is 11.4 Å². The van der Waals surface area contributed by atoms with Crippen LogP contribution in [0, 0.1) is 6.92 Å². The van der Waals surface area contributed by atoms with Crippen LogP contribution >= 0.6 is 23.4 Å². The van der Waals surface area contributed by atoms with Crippen LogP contribution in [0.25, 0.3) is 0 Å². The second kappa shape index (κ2) is 6.12. The molecule has 0 bridgehead atoms. The molecule has 0 saturated carbocycles. The molecule has 0 fully saturated rings. The SMILES string of the molecule is Cc1cn[nH]c1NC(=O)C(C)Sc1ccc(Cl)cc1. The zero-order valence-corrected chi connectivity index (χ0v) is 12.2. The molecule has 1 unspecified atom stereocenters. The van der Waals surface area contributed by atoms with Gasteiger partial charge in [0.1, 0.15) is 5.82 Å². The molecule has 100 valence electrons. The summed E-state index contributed by atoms with van der Waals surface area (Å²) in [7, 11) is 0. The quantitative estimate of drug-likeness (QED) is 0.849. The van der Waals surface area contributed by atoms with E-state index in [2.05, 4.69) is 15.5 Å². The molecule has 0 spiro atoms. The van der Waals surface area contributed by atoms with E-state index in [1.165, 1.54) is 11.8 Å². The molecule has 0 aliphatic carbocycles. The molecule has 1 amide bonds. The second-order valence-electron chi connectivity index (χ2n) is 4.13. The summed E-state index contributed by atoms with van der Waals surface area (Å²) in [4.78, 5) is 13.0. The molecule has 1 aromatic carbocycles. The van der Waals surface area contributed by atoms with Crippen LogP contribution in [0.3, 0.4) is 0 Å². The molecular formula is C13H14ClN3OS. The maximum absolute atomic E-state index is 12.0. The van der Waals surface area contributed by atoms with Gasteiger partial charge in [-0.1, -0.05) is 11.6 Å². The minimum absolute atomic E-state index is 0.0627. The molecule has 19 heavy (non-hydrogen) atoms. The number of aromatic amines is 1. The van der Waals surface area contributed by atoms with E-state index in [0.717, 1.165) is 10.5 Å². The van der Waals surface area contributed by atoms with Crippen LogP contribution in [0.2, 0.25) is 5.02 Å². The molecule has 0 aliphatic rings. The fourth-order valence-electron chi connectivity index (χ4n) is 1.47. The van der Waals surface area contributed by atoms with Crippen molar-refractivity contribution >= 4 is 35.1 Å². The molecule has 1 aromatic heterocycles. The highest BCUT2D eigenvalue weighted by Crippen LogP contribution is 2.25. The highest BCUT2D eigenvalue weighted by Gasteiger charge is 2.15. The number of carbonyl (C=O) groups is 1. The summed E-state index contributed by atoms with van der Waals surface area (Å²) in [5.74, 6) is 0.584.